The van der Waals surface area contributed by atoms with Gasteiger partial charge in [-0.3, -0.25) is 9.59 Å². The lowest BCUT2D eigenvalue weighted by atomic mass is 10.2. The lowest BCUT2D eigenvalue weighted by Crippen LogP contribution is -2.42. The summed E-state index contributed by atoms with van der Waals surface area (Å²) in [5.74, 6) is -0.216. The zero-order valence-corrected chi connectivity index (χ0v) is 14.8. The number of benzene rings is 1. The molecule has 138 valence electrons. The Morgan fingerprint density at radius 3 is 2.44 bits per heavy atom. The minimum Gasteiger partial charge on any atom is -0.445 e. The van der Waals surface area contributed by atoms with Gasteiger partial charge in [0.05, 0.1) is 0 Å². The van der Waals surface area contributed by atoms with E-state index in [0.717, 1.165) is 12.0 Å². The number of carbonyl (C=O) groups is 3. The predicted octanol–water partition coefficient (Wildman–Crippen LogP) is 1.72. The van der Waals surface area contributed by atoms with Gasteiger partial charge in [0.1, 0.15) is 6.61 Å². The SMILES string of the molecule is CCCC(=O)NCC(C)NC(=O)CCNC(=O)OCc1ccccc1. The van der Waals surface area contributed by atoms with Gasteiger partial charge in [-0.1, -0.05) is 37.3 Å². The molecule has 1 aromatic rings. The summed E-state index contributed by atoms with van der Waals surface area (Å²) in [7, 11) is 0. The summed E-state index contributed by atoms with van der Waals surface area (Å²) >= 11 is 0. The Kier molecular flexibility index (Phi) is 9.74. The Morgan fingerprint density at radius 1 is 1.04 bits per heavy atom. The van der Waals surface area contributed by atoms with E-state index in [9.17, 15) is 14.4 Å². The predicted molar refractivity (Wildman–Crippen MR) is 94.8 cm³/mol. The maximum atomic E-state index is 11.8. The summed E-state index contributed by atoms with van der Waals surface area (Å²) in [6.45, 7) is 4.51. The summed E-state index contributed by atoms with van der Waals surface area (Å²) in [6, 6.07) is 9.18. The van der Waals surface area contributed by atoms with Crippen molar-refractivity contribution in [1.29, 1.82) is 0 Å². The van der Waals surface area contributed by atoms with Crippen molar-refractivity contribution in [3.05, 3.63) is 35.9 Å². The molecule has 3 N–H and O–H groups in total. The molecule has 0 saturated heterocycles. The van der Waals surface area contributed by atoms with Crippen LogP contribution >= 0.6 is 0 Å². The highest BCUT2D eigenvalue weighted by atomic mass is 16.5. The fraction of sp³-hybridized carbons (Fsp3) is 0.500. The van der Waals surface area contributed by atoms with Crippen LogP contribution in [-0.2, 0) is 20.9 Å². The van der Waals surface area contributed by atoms with Crippen molar-refractivity contribution in [3.8, 4) is 0 Å². The largest absolute Gasteiger partial charge is 0.445 e. The number of hydrogen-bond acceptors (Lipinski definition) is 4. The molecule has 7 heteroatoms. The molecule has 0 fully saturated rings. The average Bonchev–Trinajstić information content (AvgIpc) is 2.59. The average molecular weight is 349 g/mol. The van der Waals surface area contributed by atoms with E-state index in [1.807, 2.05) is 44.2 Å². The zero-order valence-electron chi connectivity index (χ0n) is 14.8. The number of nitrogens with one attached hydrogen (secondary N) is 3. The number of amides is 3. The molecule has 7 nitrogen and oxygen atoms in total. The van der Waals surface area contributed by atoms with Crippen LogP contribution in [0.1, 0.15) is 38.7 Å². The van der Waals surface area contributed by atoms with Crippen LogP contribution in [0.15, 0.2) is 30.3 Å². The molecule has 0 aliphatic carbocycles. The number of rotatable bonds is 10. The third-order valence-electron chi connectivity index (χ3n) is 3.32. The minimum absolute atomic E-state index is 0.0218. The first-order chi connectivity index (χ1) is 12.0. The standard InChI is InChI=1S/C18H27N3O4/c1-3-7-16(22)20-12-14(2)21-17(23)10-11-19-18(24)25-13-15-8-5-4-6-9-15/h4-6,8-9,14H,3,7,10-13H2,1-2H3,(H,19,24)(H,20,22)(H,21,23). The second-order valence-corrected chi connectivity index (χ2v) is 5.76. The highest BCUT2D eigenvalue weighted by Crippen LogP contribution is 2.00. The van der Waals surface area contributed by atoms with E-state index in [0.29, 0.717) is 13.0 Å². The number of hydrogen-bond donors (Lipinski definition) is 3. The van der Waals surface area contributed by atoms with E-state index in [1.54, 1.807) is 0 Å². The highest BCUT2D eigenvalue weighted by Gasteiger charge is 2.09. The number of carbonyl (C=O) groups excluding carboxylic acids is 3. The van der Waals surface area contributed by atoms with Crippen molar-refractivity contribution < 1.29 is 19.1 Å². The van der Waals surface area contributed by atoms with Crippen LogP contribution in [0.4, 0.5) is 4.79 Å². The van der Waals surface area contributed by atoms with Crippen molar-refractivity contribution in [2.24, 2.45) is 0 Å². The van der Waals surface area contributed by atoms with Crippen LogP contribution in [0.25, 0.3) is 0 Å². The first kappa shape index (κ1) is 20.5. The van der Waals surface area contributed by atoms with Crippen LogP contribution < -0.4 is 16.0 Å². The van der Waals surface area contributed by atoms with Crippen LogP contribution in [0.5, 0.6) is 0 Å². The van der Waals surface area contributed by atoms with Gasteiger partial charge >= 0.3 is 6.09 Å². The van der Waals surface area contributed by atoms with Crippen molar-refractivity contribution in [2.75, 3.05) is 13.1 Å². The molecule has 1 rings (SSSR count). The normalized spacial score (nSPS) is 11.3. The van der Waals surface area contributed by atoms with E-state index in [2.05, 4.69) is 16.0 Å². The fourth-order valence-electron chi connectivity index (χ4n) is 2.03. The lowest BCUT2D eigenvalue weighted by molar-refractivity contribution is -0.123. The van der Waals surface area contributed by atoms with Crippen LogP contribution in [0.3, 0.4) is 0 Å². The minimum atomic E-state index is -0.559. The van der Waals surface area contributed by atoms with Crippen molar-refractivity contribution in [3.63, 3.8) is 0 Å². The Labute approximate surface area is 148 Å². The van der Waals surface area contributed by atoms with Crippen molar-refractivity contribution in [1.82, 2.24) is 16.0 Å². The molecular formula is C18H27N3O4. The maximum absolute atomic E-state index is 11.8. The molecule has 0 radical (unpaired) electrons. The molecule has 0 aliphatic rings. The highest BCUT2D eigenvalue weighted by molar-refractivity contribution is 5.78. The lowest BCUT2D eigenvalue weighted by Gasteiger charge is -2.15. The summed E-state index contributed by atoms with van der Waals surface area (Å²) in [6.07, 6.45) is 0.860. The summed E-state index contributed by atoms with van der Waals surface area (Å²) < 4.78 is 5.05. The van der Waals surface area contributed by atoms with Gasteiger partial charge in [0, 0.05) is 32.0 Å². The second kappa shape index (κ2) is 11.9. The number of ether oxygens (including phenoxy) is 1. The third-order valence-corrected chi connectivity index (χ3v) is 3.32. The molecule has 25 heavy (non-hydrogen) atoms. The second-order valence-electron chi connectivity index (χ2n) is 5.76. The Hall–Kier alpha value is -2.57. The molecule has 0 aliphatic heterocycles. The van der Waals surface area contributed by atoms with Crippen LogP contribution in [-0.4, -0.2) is 37.0 Å². The molecule has 0 aromatic heterocycles. The van der Waals surface area contributed by atoms with Gasteiger partial charge in [0.25, 0.3) is 0 Å². The summed E-state index contributed by atoms with van der Waals surface area (Å²) in [5.41, 5.74) is 0.898. The molecule has 1 atom stereocenters. The molecular weight excluding hydrogens is 322 g/mol. The van der Waals surface area contributed by atoms with E-state index < -0.39 is 6.09 Å². The third kappa shape index (κ3) is 10.0. The number of alkyl carbamates (subject to hydrolysis) is 1. The Balaban J connectivity index is 2.10. The van der Waals surface area contributed by atoms with Gasteiger partial charge in [-0.25, -0.2) is 4.79 Å². The molecule has 0 heterocycles. The van der Waals surface area contributed by atoms with E-state index in [1.165, 1.54) is 0 Å². The first-order valence-corrected chi connectivity index (χ1v) is 8.52. The molecule has 0 spiro atoms. The fourth-order valence-corrected chi connectivity index (χ4v) is 2.03. The molecule has 1 unspecified atom stereocenters. The molecule has 1 aromatic carbocycles. The van der Waals surface area contributed by atoms with Gasteiger partial charge in [-0.2, -0.15) is 0 Å². The topological polar surface area (TPSA) is 96.5 Å². The van der Waals surface area contributed by atoms with Crippen LogP contribution in [0.2, 0.25) is 0 Å². The van der Waals surface area contributed by atoms with Gasteiger partial charge in [-0.15, -0.1) is 0 Å². The van der Waals surface area contributed by atoms with E-state index >= 15 is 0 Å². The first-order valence-electron chi connectivity index (χ1n) is 8.52. The Morgan fingerprint density at radius 2 is 1.76 bits per heavy atom. The van der Waals surface area contributed by atoms with Crippen LogP contribution in [0, 0.1) is 0 Å². The van der Waals surface area contributed by atoms with Gasteiger partial charge in [0.15, 0.2) is 0 Å². The summed E-state index contributed by atoms with van der Waals surface area (Å²) in [5, 5.41) is 8.05. The zero-order chi connectivity index (χ0) is 18.5. The van der Waals surface area contributed by atoms with Gasteiger partial charge in [0.2, 0.25) is 11.8 Å². The summed E-state index contributed by atoms with van der Waals surface area (Å²) in [4.78, 5) is 34.7. The molecule has 0 bridgehead atoms. The van der Waals surface area contributed by atoms with Crippen molar-refractivity contribution >= 4 is 17.9 Å². The van der Waals surface area contributed by atoms with E-state index in [-0.39, 0.29) is 37.4 Å². The quantitative estimate of drug-likeness (QED) is 0.599. The van der Waals surface area contributed by atoms with Crippen molar-refractivity contribution in [2.45, 2.75) is 45.8 Å². The molecule has 3 amide bonds. The van der Waals surface area contributed by atoms with Gasteiger partial charge < -0.3 is 20.7 Å². The molecule has 0 saturated carbocycles. The monoisotopic (exact) mass is 349 g/mol. The van der Waals surface area contributed by atoms with Gasteiger partial charge in [-0.05, 0) is 18.9 Å². The maximum Gasteiger partial charge on any atom is 0.407 e. The Bertz CT molecular complexity index is 549. The van der Waals surface area contributed by atoms with E-state index in [4.69, 9.17) is 4.74 Å². The smallest absolute Gasteiger partial charge is 0.407 e.